The number of carboxylic acids is 1. The first-order valence-corrected chi connectivity index (χ1v) is 10.7. The van der Waals surface area contributed by atoms with Crippen LogP contribution in [0.25, 0.3) is 0 Å². The van der Waals surface area contributed by atoms with Crippen molar-refractivity contribution in [2.75, 3.05) is 6.61 Å². The first-order chi connectivity index (χ1) is 12.2. The van der Waals surface area contributed by atoms with Gasteiger partial charge >= 0.3 is 13.6 Å². The first kappa shape index (κ1) is 22.8. The molecule has 1 aromatic carbocycles. The van der Waals surface area contributed by atoms with Crippen molar-refractivity contribution in [1.29, 1.82) is 0 Å². The highest BCUT2D eigenvalue weighted by Gasteiger charge is 2.31. The highest BCUT2D eigenvalue weighted by atomic mass is 31.2. The number of nitrogens with two attached hydrogens (primary N) is 1. The van der Waals surface area contributed by atoms with E-state index in [1.54, 1.807) is 18.2 Å². The van der Waals surface area contributed by atoms with Crippen molar-refractivity contribution in [3.8, 4) is 0 Å². The van der Waals surface area contributed by atoms with Crippen LogP contribution < -0.4 is 5.73 Å². The van der Waals surface area contributed by atoms with Crippen molar-refractivity contribution < 1.29 is 28.9 Å². The summed E-state index contributed by atoms with van der Waals surface area (Å²) in [7, 11) is -3.99. The van der Waals surface area contributed by atoms with Gasteiger partial charge in [-0.1, -0.05) is 63.3 Å². The van der Waals surface area contributed by atoms with Gasteiger partial charge in [0.15, 0.2) is 0 Å². The van der Waals surface area contributed by atoms with Crippen LogP contribution in [0.1, 0.15) is 63.5 Å². The molecular weight excluding hydrogens is 357 g/mol. The smallest absolute Gasteiger partial charge is 0.359 e. The van der Waals surface area contributed by atoms with Crippen molar-refractivity contribution in [3.05, 3.63) is 35.4 Å². The number of unbranched alkanes of at least 4 members (excludes halogenated alkanes) is 5. The Morgan fingerprint density at radius 3 is 2.54 bits per heavy atom. The van der Waals surface area contributed by atoms with Gasteiger partial charge in [0.2, 0.25) is 0 Å². The molecule has 4 N–H and O–H groups in total. The van der Waals surface area contributed by atoms with E-state index < -0.39 is 19.1 Å². The predicted molar refractivity (Wildman–Crippen MR) is 99.6 cm³/mol. The van der Waals surface area contributed by atoms with Crippen LogP contribution in [-0.2, 0) is 30.6 Å². The summed E-state index contributed by atoms with van der Waals surface area (Å²) < 4.78 is 16.8. The summed E-state index contributed by atoms with van der Waals surface area (Å²) in [5.41, 5.74) is 5.00. The van der Waals surface area contributed by atoms with E-state index in [2.05, 4.69) is 6.92 Å². The molecule has 148 valence electrons. The van der Waals surface area contributed by atoms with E-state index in [-0.39, 0.29) is 12.8 Å². The highest BCUT2D eigenvalue weighted by molar-refractivity contribution is 7.51. The molecular formula is C18H30NO6P. The second-order valence-electron chi connectivity index (χ2n) is 6.67. The molecule has 1 rings (SSSR count). The minimum absolute atomic E-state index is 0.261. The average Bonchev–Trinajstić information content (AvgIpc) is 2.57. The minimum Gasteiger partial charge on any atom is -0.480 e. The van der Waals surface area contributed by atoms with Gasteiger partial charge in [0.1, 0.15) is 5.54 Å². The molecule has 0 aliphatic carbocycles. The van der Waals surface area contributed by atoms with Gasteiger partial charge in [-0.05, 0) is 24.5 Å². The Morgan fingerprint density at radius 1 is 1.23 bits per heavy atom. The van der Waals surface area contributed by atoms with Crippen molar-refractivity contribution in [2.45, 2.75) is 64.1 Å². The fourth-order valence-corrected chi connectivity index (χ4v) is 3.38. The van der Waals surface area contributed by atoms with Crippen molar-refractivity contribution in [1.82, 2.24) is 0 Å². The average molecular weight is 387 g/mol. The molecule has 0 fully saturated rings. The topological polar surface area (TPSA) is 119 Å². The summed E-state index contributed by atoms with van der Waals surface area (Å²) in [6.45, 7) is 3.78. The Kier molecular flexibility index (Phi) is 9.47. The normalized spacial score (nSPS) is 16.0. The molecule has 0 saturated carbocycles. The first-order valence-electron chi connectivity index (χ1n) is 8.94. The van der Waals surface area contributed by atoms with Crippen LogP contribution in [0.3, 0.4) is 0 Å². The number of benzene rings is 1. The van der Waals surface area contributed by atoms with Crippen LogP contribution in [-0.4, -0.2) is 22.6 Å². The third-order valence-electron chi connectivity index (χ3n) is 4.10. The zero-order valence-corrected chi connectivity index (χ0v) is 16.4. The maximum absolute atomic E-state index is 12.1. The summed E-state index contributed by atoms with van der Waals surface area (Å²) in [5.74, 6) is -1.18. The second kappa shape index (κ2) is 10.8. The number of carbonyl (C=O) groups is 1. The maximum Gasteiger partial charge on any atom is 0.359 e. The van der Waals surface area contributed by atoms with E-state index >= 15 is 0 Å². The fraction of sp³-hybridized carbons (Fsp3) is 0.611. The van der Waals surface area contributed by atoms with Crippen LogP contribution in [0.5, 0.6) is 0 Å². The van der Waals surface area contributed by atoms with Crippen LogP contribution in [0, 0.1) is 0 Å². The molecule has 0 radical (unpaired) electrons. The molecule has 0 bridgehead atoms. The van der Waals surface area contributed by atoms with E-state index in [0.717, 1.165) is 19.3 Å². The summed E-state index contributed by atoms with van der Waals surface area (Å²) in [5, 5.41) is 9.18. The summed E-state index contributed by atoms with van der Waals surface area (Å²) in [4.78, 5) is 26.0. The van der Waals surface area contributed by atoms with Gasteiger partial charge in [-0.3, -0.25) is 4.57 Å². The van der Waals surface area contributed by atoms with Gasteiger partial charge in [-0.25, -0.2) is 9.68 Å². The lowest BCUT2D eigenvalue weighted by molar-refractivity contribution is -0.213. The Morgan fingerprint density at radius 2 is 1.88 bits per heavy atom. The Bertz CT molecular complexity index is 619. The van der Waals surface area contributed by atoms with E-state index in [1.165, 1.54) is 32.3 Å². The molecule has 0 aromatic heterocycles. The Balaban J connectivity index is 2.47. The highest BCUT2D eigenvalue weighted by Crippen LogP contribution is 2.46. The fourth-order valence-electron chi connectivity index (χ4n) is 2.43. The molecule has 0 heterocycles. The van der Waals surface area contributed by atoms with E-state index in [9.17, 15) is 19.4 Å². The SMILES string of the molecule is CCCCCCCCOOP(=O)(O)Cc1cccc(C(C)(N)C(=O)O)c1. The van der Waals surface area contributed by atoms with Gasteiger partial charge in [0.25, 0.3) is 0 Å². The lowest BCUT2D eigenvalue weighted by atomic mass is 9.92. The van der Waals surface area contributed by atoms with Gasteiger partial charge in [-0.15, -0.1) is 4.67 Å². The molecule has 0 amide bonds. The molecule has 8 heteroatoms. The predicted octanol–water partition coefficient (Wildman–Crippen LogP) is 3.94. The molecule has 0 aliphatic heterocycles. The largest absolute Gasteiger partial charge is 0.480 e. The molecule has 1 aromatic rings. The number of hydrogen-bond donors (Lipinski definition) is 3. The van der Waals surface area contributed by atoms with Crippen LogP contribution in [0.15, 0.2) is 24.3 Å². The number of hydrogen-bond acceptors (Lipinski definition) is 5. The molecule has 0 saturated heterocycles. The van der Waals surface area contributed by atoms with Crippen LogP contribution >= 0.6 is 7.60 Å². The minimum atomic E-state index is -3.99. The van der Waals surface area contributed by atoms with E-state index in [0.29, 0.717) is 11.1 Å². The molecule has 7 nitrogen and oxygen atoms in total. The van der Waals surface area contributed by atoms with Gasteiger partial charge < -0.3 is 15.7 Å². The maximum atomic E-state index is 12.1. The molecule has 2 unspecified atom stereocenters. The number of rotatable bonds is 13. The summed E-state index contributed by atoms with van der Waals surface area (Å²) >= 11 is 0. The lowest BCUT2D eigenvalue weighted by Crippen LogP contribution is -2.41. The van der Waals surface area contributed by atoms with Crippen molar-refractivity contribution >= 4 is 13.6 Å². The summed E-state index contributed by atoms with van der Waals surface area (Å²) in [6, 6.07) is 6.27. The quantitative estimate of drug-likeness (QED) is 0.203. The third-order valence-corrected chi connectivity index (χ3v) is 5.21. The molecule has 0 spiro atoms. The summed E-state index contributed by atoms with van der Waals surface area (Å²) in [6.07, 6.45) is 6.17. The zero-order chi connectivity index (χ0) is 19.6. The molecule has 0 aliphatic rings. The van der Waals surface area contributed by atoms with Crippen LogP contribution in [0.4, 0.5) is 0 Å². The molecule has 26 heavy (non-hydrogen) atoms. The number of carboxylic acid groups (broad SMARTS) is 1. The third kappa shape index (κ3) is 7.98. The standard InChI is InChI=1S/C18H30NO6P/c1-3-4-5-6-7-8-12-24-25-26(22,23)14-15-10-9-11-16(13-15)18(2,19)17(20)21/h9-11,13H,3-8,12,14,19H2,1-2H3,(H,20,21)(H,22,23). The Labute approximate surface area is 155 Å². The monoisotopic (exact) mass is 387 g/mol. The lowest BCUT2D eigenvalue weighted by Gasteiger charge is -2.20. The number of aliphatic carboxylic acids is 1. The van der Waals surface area contributed by atoms with Gasteiger partial charge in [0, 0.05) is 0 Å². The Hall–Kier alpha value is -1.24. The van der Waals surface area contributed by atoms with Crippen molar-refractivity contribution in [3.63, 3.8) is 0 Å². The van der Waals surface area contributed by atoms with E-state index in [4.69, 9.17) is 15.3 Å². The van der Waals surface area contributed by atoms with Crippen molar-refractivity contribution in [2.24, 2.45) is 5.73 Å². The van der Waals surface area contributed by atoms with Gasteiger partial charge in [0.05, 0.1) is 12.8 Å². The zero-order valence-electron chi connectivity index (χ0n) is 15.5. The van der Waals surface area contributed by atoms with E-state index in [1.807, 2.05) is 0 Å². The second-order valence-corrected chi connectivity index (χ2v) is 8.41. The van der Waals surface area contributed by atoms with Gasteiger partial charge in [-0.2, -0.15) is 0 Å². The van der Waals surface area contributed by atoms with Crippen LogP contribution in [0.2, 0.25) is 0 Å². The molecule has 2 atom stereocenters.